The first-order valence-corrected chi connectivity index (χ1v) is 5.79. The van der Waals surface area contributed by atoms with Gasteiger partial charge in [-0.15, -0.1) is 6.58 Å². The number of rotatable bonds is 4. The maximum atomic E-state index is 11.1. The Kier molecular flexibility index (Phi) is 3.72. The Bertz CT molecular complexity index is 339. The van der Waals surface area contributed by atoms with Crippen LogP contribution in [0.3, 0.4) is 0 Å². The lowest BCUT2D eigenvalue weighted by Gasteiger charge is -2.24. The van der Waals surface area contributed by atoms with Gasteiger partial charge in [0.2, 0.25) is 0 Å². The van der Waals surface area contributed by atoms with E-state index in [1.165, 1.54) is 7.11 Å². The SMILES string of the molecule is C=C[C@H]1O[C@@H]2OC(C)(C)O[C@@H]2[C@H]1OCC(=O)OC. The van der Waals surface area contributed by atoms with Crippen molar-refractivity contribution < 1.29 is 28.5 Å². The quantitative estimate of drug-likeness (QED) is 0.544. The molecule has 18 heavy (non-hydrogen) atoms. The van der Waals surface area contributed by atoms with Crippen LogP contribution in [0.1, 0.15) is 13.8 Å². The van der Waals surface area contributed by atoms with Gasteiger partial charge >= 0.3 is 5.97 Å². The van der Waals surface area contributed by atoms with E-state index in [9.17, 15) is 4.79 Å². The second kappa shape index (κ2) is 4.97. The molecule has 0 aliphatic carbocycles. The van der Waals surface area contributed by atoms with Gasteiger partial charge in [-0.2, -0.15) is 0 Å². The summed E-state index contributed by atoms with van der Waals surface area (Å²) in [4.78, 5) is 11.1. The van der Waals surface area contributed by atoms with Crippen LogP contribution in [0, 0.1) is 0 Å². The third-order valence-electron chi connectivity index (χ3n) is 2.88. The van der Waals surface area contributed by atoms with Crippen molar-refractivity contribution in [2.45, 2.75) is 44.2 Å². The second-order valence-corrected chi connectivity index (χ2v) is 4.66. The van der Waals surface area contributed by atoms with Crippen LogP contribution in [-0.4, -0.2) is 50.1 Å². The Morgan fingerprint density at radius 3 is 2.78 bits per heavy atom. The highest BCUT2D eigenvalue weighted by Crippen LogP contribution is 2.38. The van der Waals surface area contributed by atoms with Gasteiger partial charge in [-0.05, 0) is 13.8 Å². The topological polar surface area (TPSA) is 63.2 Å². The van der Waals surface area contributed by atoms with Gasteiger partial charge in [-0.25, -0.2) is 4.79 Å². The minimum absolute atomic E-state index is 0.151. The zero-order valence-electron chi connectivity index (χ0n) is 10.8. The van der Waals surface area contributed by atoms with Crippen LogP contribution in [0.2, 0.25) is 0 Å². The summed E-state index contributed by atoms with van der Waals surface area (Å²) in [6, 6.07) is 0. The third-order valence-corrected chi connectivity index (χ3v) is 2.88. The van der Waals surface area contributed by atoms with Crippen molar-refractivity contribution in [2.75, 3.05) is 13.7 Å². The number of ether oxygens (including phenoxy) is 5. The summed E-state index contributed by atoms with van der Waals surface area (Å²) in [7, 11) is 1.31. The van der Waals surface area contributed by atoms with Gasteiger partial charge in [-0.3, -0.25) is 0 Å². The van der Waals surface area contributed by atoms with E-state index in [2.05, 4.69) is 11.3 Å². The highest BCUT2D eigenvalue weighted by atomic mass is 16.8. The summed E-state index contributed by atoms with van der Waals surface area (Å²) in [6.45, 7) is 7.12. The van der Waals surface area contributed by atoms with E-state index in [1.54, 1.807) is 19.9 Å². The van der Waals surface area contributed by atoms with Crippen LogP contribution >= 0.6 is 0 Å². The largest absolute Gasteiger partial charge is 0.467 e. The van der Waals surface area contributed by atoms with Gasteiger partial charge in [0.05, 0.1) is 7.11 Å². The van der Waals surface area contributed by atoms with Crippen LogP contribution < -0.4 is 0 Å². The molecule has 0 aromatic rings. The normalized spacial score (nSPS) is 37.3. The van der Waals surface area contributed by atoms with E-state index in [4.69, 9.17) is 18.9 Å². The first-order chi connectivity index (χ1) is 8.46. The number of carbonyl (C=O) groups excluding carboxylic acids is 1. The average Bonchev–Trinajstić information content (AvgIpc) is 2.77. The minimum Gasteiger partial charge on any atom is -0.467 e. The molecule has 0 N–H and O–H groups in total. The summed E-state index contributed by atoms with van der Waals surface area (Å²) in [6.07, 6.45) is -0.0348. The van der Waals surface area contributed by atoms with E-state index in [1.807, 2.05) is 0 Å². The maximum absolute atomic E-state index is 11.1. The molecule has 0 radical (unpaired) electrons. The Morgan fingerprint density at radius 2 is 2.17 bits per heavy atom. The van der Waals surface area contributed by atoms with E-state index in [0.29, 0.717) is 0 Å². The van der Waals surface area contributed by atoms with E-state index in [0.717, 1.165) is 0 Å². The van der Waals surface area contributed by atoms with Crippen LogP contribution in [-0.2, 0) is 28.5 Å². The number of methoxy groups -OCH3 is 1. The van der Waals surface area contributed by atoms with Gasteiger partial charge < -0.3 is 23.7 Å². The molecule has 0 saturated carbocycles. The summed E-state index contributed by atoms with van der Waals surface area (Å²) >= 11 is 0. The average molecular weight is 258 g/mol. The molecular formula is C12H18O6. The molecule has 0 amide bonds. The van der Waals surface area contributed by atoms with E-state index >= 15 is 0 Å². The first-order valence-electron chi connectivity index (χ1n) is 5.79. The maximum Gasteiger partial charge on any atom is 0.331 e. The van der Waals surface area contributed by atoms with Crippen LogP contribution in [0.5, 0.6) is 0 Å². The van der Waals surface area contributed by atoms with Crippen molar-refractivity contribution in [3.05, 3.63) is 12.7 Å². The predicted molar refractivity (Wildman–Crippen MR) is 60.7 cm³/mol. The molecular weight excluding hydrogens is 240 g/mol. The van der Waals surface area contributed by atoms with E-state index < -0.39 is 24.2 Å². The van der Waals surface area contributed by atoms with Gasteiger partial charge in [0.15, 0.2) is 12.1 Å². The van der Waals surface area contributed by atoms with Gasteiger partial charge in [-0.1, -0.05) is 6.08 Å². The molecule has 102 valence electrons. The molecule has 4 atom stereocenters. The molecule has 0 unspecified atom stereocenters. The lowest BCUT2D eigenvalue weighted by molar-refractivity contribution is -0.212. The first kappa shape index (κ1) is 13.5. The number of hydrogen-bond acceptors (Lipinski definition) is 6. The van der Waals surface area contributed by atoms with E-state index in [-0.39, 0.29) is 18.8 Å². The zero-order chi connectivity index (χ0) is 13.3. The number of hydrogen-bond donors (Lipinski definition) is 0. The zero-order valence-corrected chi connectivity index (χ0v) is 10.8. The number of fused-ring (bicyclic) bond motifs is 1. The number of esters is 1. The van der Waals surface area contributed by atoms with Crippen molar-refractivity contribution in [3.8, 4) is 0 Å². The molecule has 0 bridgehead atoms. The lowest BCUT2D eigenvalue weighted by Crippen LogP contribution is -2.37. The molecule has 2 aliphatic rings. The Hall–Kier alpha value is -0.950. The molecule has 0 aromatic heterocycles. The van der Waals surface area contributed by atoms with Crippen LogP contribution in [0.15, 0.2) is 12.7 Å². The molecule has 2 saturated heterocycles. The number of carbonyl (C=O) groups is 1. The minimum atomic E-state index is -0.714. The fourth-order valence-electron chi connectivity index (χ4n) is 2.11. The second-order valence-electron chi connectivity index (χ2n) is 4.66. The molecule has 2 fully saturated rings. The van der Waals surface area contributed by atoms with Crippen molar-refractivity contribution in [3.63, 3.8) is 0 Å². The van der Waals surface area contributed by atoms with Gasteiger partial charge in [0.1, 0.15) is 24.9 Å². The molecule has 6 heteroatoms. The van der Waals surface area contributed by atoms with Crippen LogP contribution in [0.25, 0.3) is 0 Å². The highest BCUT2D eigenvalue weighted by Gasteiger charge is 2.54. The molecule has 6 nitrogen and oxygen atoms in total. The van der Waals surface area contributed by atoms with Crippen molar-refractivity contribution in [1.82, 2.24) is 0 Å². The summed E-state index contributed by atoms with van der Waals surface area (Å²) in [5.74, 6) is -1.16. The summed E-state index contributed by atoms with van der Waals surface area (Å²) in [5.41, 5.74) is 0. The smallest absolute Gasteiger partial charge is 0.331 e. The monoisotopic (exact) mass is 258 g/mol. The van der Waals surface area contributed by atoms with Gasteiger partial charge in [0.25, 0.3) is 0 Å². The summed E-state index contributed by atoms with van der Waals surface area (Å²) < 4.78 is 26.9. The lowest BCUT2D eigenvalue weighted by atomic mass is 10.1. The van der Waals surface area contributed by atoms with Crippen LogP contribution in [0.4, 0.5) is 0 Å². The summed E-state index contributed by atoms with van der Waals surface area (Å²) in [5, 5.41) is 0. The molecule has 2 heterocycles. The molecule has 0 aromatic carbocycles. The van der Waals surface area contributed by atoms with Crippen molar-refractivity contribution >= 4 is 5.97 Å². The molecule has 2 rings (SSSR count). The van der Waals surface area contributed by atoms with Crippen molar-refractivity contribution in [2.24, 2.45) is 0 Å². The Morgan fingerprint density at radius 1 is 1.44 bits per heavy atom. The Labute approximate surface area is 106 Å². The third kappa shape index (κ3) is 2.56. The fraction of sp³-hybridized carbons (Fsp3) is 0.750. The van der Waals surface area contributed by atoms with Crippen molar-refractivity contribution in [1.29, 1.82) is 0 Å². The fourth-order valence-corrected chi connectivity index (χ4v) is 2.11. The standard InChI is InChI=1S/C12H18O6/c1-5-7-9(15-6-8(13)14-4)10-11(16-7)18-12(2,3)17-10/h5,7,9-11H,1,6H2,2-4H3/t7-,9+,10-,11-/m1/s1. The van der Waals surface area contributed by atoms with Gasteiger partial charge in [0, 0.05) is 0 Å². The molecule has 2 aliphatic heterocycles. The predicted octanol–water partition coefficient (Wildman–Crippen LogP) is 0.607. The highest BCUT2D eigenvalue weighted by molar-refractivity contribution is 5.70. The molecule has 0 spiro atoms. The Balaban J connectivity index is 2.01.